The first-order valence-corrected chi connectivity index (χ1v) is 5.99. The van der Waals surface area contributed by atoms with E-state index < -0.39 is 24.5 Å². The minimum absolute atomic E-state index is 0.0264. The fourth-order valence-electron chi connectivity index (χ4n) is 1.55. The number of ether oxygens (including phenoxy) is 1. The largest absolute Gasteiger partial charge is 0.479 e. The monoisotopic (exact) mass is 308 g/mol. The summed E-state index contributed by atoms with van der Waals surface area (Å²) >= 11 is 5.41. The van der Waals surface area contributed by atoms with Crippen molar-refractivity contribution in [1.82, 2.24) is 0 Å². The summed E-state index contributed by atoms with van der Waals surface area (Å²) < 4.78 is 28.4. The lowest BCUT2D eigenvalue weighted by atomic mass is 9.97. The highest BCUT2D eigenvalue weighted by Crippen LogP contribution is 2.26. The zero-order chi connectivity index (χ0) is 15.3. The highest BCUT2D eigenvalue weighted by molar-refractivity contribution is 6.19. The van der Waals surface area contributed by atoms with Crippen molar-refractivity contribution in [3.63, 3.8) is 0 Å². The second-order valence-corrected chi connectivity index (χ2v) is 4.11. The van der Waals surface area contributed by atoms with Crippen LogP contribution in [0, 0.1) is 0 Å². The maximum Gasteiger partial charge on any atom is 0.387 e. The van der Waals surface area contributed by atoms with Crippen LogP contribution in [0.4, 0.5) is 8.78 Å². The number of rotatable bonds is 7. The lowest BCUT2D eigenvalue weighted by molar-refractivity contribution is -0.147. The van der Waals surface area contributed by atoms with Crippen LogP contribution in [0.2, 0.25) is 0 Å². The summed E-state index contributed by atoms with van der Waals surface area (Å²) in [5.74, 6) is -2.47. The van der Waals surface area contributed by atoms with Crippen LogP contribution >= 0.6 is 11.6 Å². The van der Waals surface area contributed by atoms with Gasteiger partial charge in [-0.25, -0.2) is 4.79 Å². The summed E-state index contributed by atoms with van der Waals surface area (Å²) in [6.45, 7) is -3.08. The number of halogens is 3. The van der Waals surface area contributed by atoms with Gasteiger partial charge in [0.2, 0.25) is 0 Å². The molecule has 0 heterocycles. The molecule has 0 aliphatic carbocycles. The van der Waals surface area contributed by atoms with Gasteiger partial charge in [-0.05, 0) is 12.1 Å². The lowest BCUT2D eigenvalue weighted by Crippen LogP contribution is -2.16. The Morgan fingerprint density at radius 1 is 1.35 bits per heavy atom. The molecule has 0 bridgehead atoms. The maximum absolute atomic E-state index is 12.1. The van der Waals surface area contributed by atoms with Crippen LogP contribution in [0.25, 0.3) is 0 Å². The minimum Gasteiger partial charge on any atom is -0.479 e. The van der Waals surface area contributed by atoms with Crippen molar-refractivity contribution >= 4 is 23.4 Å². The van der Waals surface area contributed by atoms with Crippen molar-refractivity contribution in [3.8, 4) is 5.75 Å². The molecule has 110 valence electrons. The smallest absolute Gasteiger partial charge is 0.387 e. The van der Waals surface area contributed by atoms with Gasteiger partial charge in [0.05, 0.1) is 0 Å². The summed E-state index contributed by atoms with van der Waals surface area (Å²) in [6, 6.07) is 3.06. The summed E-state index contributed by atoms with van der Waals surface area (Å²) in [6.07, 6.45) is -2.07. The normalized spacial score (nSPS) is 12.2. The van der Waals surface area contributed by atoms with Gasteiger partial charge in [0, 0.05) is 23.4 Å². The van der Waals surface area contributed by atoms with Gasteiger partial charge < -0.3 is 14.9 Å². The number of carboxylic acid groups (broad SMARTS) is 1. The van der Waals surface area contributed by atoms with Crippen LogP contribution in [-0.2, 0) is 4.79 Å². The van der Waals surface area contributed by atoms with Crippen LogP contribution < -0.4 is 4.74 Å². The van der Waals surface area contributed by atoms with E-state index in [0.717, 1.165) is 18.2 Å². The van der Waals surface area contributed by atoms with Gasteiger partial charge in [-0.3, -0.25) is 4.79 Å². The standard InChI is InChI=1S/C12H11ClF2O5/c13-4-3-9(16)8-5-6(20-12(14)15)1-2-7(8)10(17)11(18)19/h1-2,5,10,12,17H,3-4H2,(H,18,19). The molecule has 0 spiro atoms. The third kappa shape index (κ3) is 4.14. The summed E-state index contributed by atoms with van der Waals surface area (Å²) in [5, 5.41) is 18.2. The van der Waals surface area contributed by atoms with Gasteiger partial charge in [0.25, 0.3) is 0 Å². The Labute approximate surface area is 117 Å². The Morgan fingerprint density at radius 3 is 2.50 bits per heavy atom. The molecule has 8 heteroatoms. The third-order valence-corrected chi connectivity index (χ3v) is 2.59. The number of alkyl halides is 3. The number of hydrogen-bond acceptors (Lipinski definition) is 4. The van der Waals surface area contributed by atoms with E-state index in [-0.39, 0.29) is 29.2 Å². The summed E-state index contributed by atoms with van der Waals surface area (Å²) in [7, 11) is 0. The number of aliphatic hydroxyl groups is 1. The van der Waals surface area contributed by atoms with E-state index in [4.69, 9.17) is 16.7 Å². The van der Waals surface area contributed by atoms with Crippen LogP contribution in [0.1, 0.15) is 28.4 Å². The van der Waals surface area contributed by atoms with E-state index in [0.29, 0.717) is 0 Å². The average Bonchev–Trinajstić information content (AvgIpc) is 2.37. The van der Waals surface area contributed by atoms with E-state index in [1.165, 1.54) is 0 Å². The Kier molecular flexibility index (Phi) is 5.84. The highest BCUT2D eigenvalue weighted by Gasteiger charge is 2.23. The number of aliphatic carboxylic acids is 1. The molecule has 0 aliphatic heterocycles. The Bertz CT molecular complexity index is 507. The maximum atomic E-state index is 12.1. The molecule has 20 heavy (non-hydrogen) atoms. The topological polar surface area (TPSA) is 83.8 Å². The molecule has 1 rings (SSSR count). The van der Waals surface area contributed by atoms with E-state index in [2.05, 4.69) is 4.74 Å². The van der Waals surface area contributed by atoms with E-state index >= 15 is 0 Å². The van der Waals surface area contributed by atoms with Gasteiger partial charge in [-0.2, -0.15) is 8.78 Å². The number of benzene rings is 1. The molecule has 0 aliphatic rings. The molecule has 0 aromatic heterocycles. The number of aliphatic hydroxyl groups excluding tert-OH is 1. The molecule has 0 saturated carbocycles. The lowest BCUT2D eigenvalue weighted by Gasteiger charge is -2.13. The number of carboxylic acids is 1. The van der Waals surface area contributed by atoms with Crippen LogP contribution in [0.3, 0.4) is 0 Å². The molecule has 5 nitrogen and oxygen atoms in total. The summed E-state index contributed by atoms with van der Waals surface area (Å²) in [4.78, 5) is 22.6. The Balaban J connectivity index is 3.22. The quantitative estimate of drug-likeness (QED) is 0.596. The second kappa shape index (κ2) is 7.16. The fourth-order valence-corrected chi connectivity index (χ4v) is 1.72. The first kappa shape index (κ1) is 16.3. The van der Waals surface area contributed by atoms with E-state index in [9.17, 15) is 23.5 Å². The van der Waals surface area contributed by atoms with Crippen molar-refractivity contribution < 1.29 is 33.3 Å². The van der Waals surface area contributed by atoms with Gasteiger partial charge in [0.15, 0.2) is 11.9 Å². The molecule has 0 saturated heterocycles. The van der Waals surface area contributed by atoms with Crippen LogP contribution in [0.15, 0.2) is 18.2 Å². The molecule has 0 fully saturated rings. The molecule has 0 amide bonds. The number of hydrogen-bond donors (Lipinski definition) is 2. The van der Waals surface area contributed by atoms with Crippen molar-refractivity contribution in [2.24, 2.45) is 0 Å². The minimum atomic E-state index is -3.08. The van der Waals surface area contributed by atoms with Gasteiger partial charge >= 0.3 is 12.6 Å². The number of Topliss-reactive ketones (excluding diaryl/α,β-unsaturated/α-hetero) is 1. The van der Waals surface area contributed by atoms with Crippen LogP contribution in [-0.4, -0.2) is 34.5 Å². The number of carbonyl (C=O) groups is 2. The molecular weight excluding hydrogens is 298 g/mol. The zero-order valence-corrected chi connectivity index (χ0v) is 10.8. The van der Waals surface area contributed by atoms with Gasteiger partial charge in [-0.15, -0.1) is 11.6 Å². The predicted octanol–water partition coefficient (Wildman–Crippen LogP) is 2.22. The van der Waals surface area contributed by atoms with Gasteiger partial charge in [-0.1, -0.05) is 6.07 Å². The molecule has 1 unspecified atom stereocenters. The Morgan fingerprint density at radius 2 is 2.00 bits per heavy atom. The molecule has 1 aromatic rings. The number of ketones is 1. The third-order valence-electron chi connectivity index (χ3n) is 2.40. The fraction of sp³-hybridized carbons (Fsp3) is 0.333. The highest BCUT2D eigenvalue weighted by atomic mass is 35.5. The van der Waals surface area contributed by atoms with E-state index in [1.807, 2.05) is 0 Å². The first-order valence-electron chi connectivity index (χ1n) is 5.45. The average molecular weight is 309 g/mol. The predicted molar refractivity (Wildman–Crippen MR) is 65.3 cm³/mol. The molecular formula is C12H11ClF2O5. The molecule has 1 aromatic carbocycles. The van der Waals surface area contributed by atoms with Crippen molar-refractivity contribution in [3.05, 3.63) is 29.3 Å². The first-order chi connectivity index (χ1) is 9.36. The van der Waals surface area contributed by atoms with E-state index in [1.54, 1.807) is 0 Å². The van der Waals surface area contributed by atoms with Gasteiger partial charge in [0.1, 0.15) is 5.75 Å². The zero-order valence-electron chi connectivity index (χ0n) is 10.1. The van der Waals surface area contributed by atoms with Crippen LogP contribution in [0.5, 0.6) is 5.75 Å². The molecule has 1 atom stereocenters. The van der Waals surface area contributed by atoms with Crippen molar-refractivity contribution in [1.29, 1.82) is 0 Å². The summed E-state index contributed by atoms with van der Waals surface area (Å²) in [5.41, 5.74) is -0.409. The van der Waals surface area contributed by atoms with Crippen molar-refractivity contribution in [2.75, 3.05) is 5.88 Å². The Hall–Kier alpha value is -1.73. The second-order valence-electron chi connectivity index (χ2n) is 3.73. The number of carbonyl (C=O) groups excluding carboxylic acids is 1. The molecule has 0 radical (unpaired) electrons. The van der Waals surface area contributed by atoms with Crippen molar-refractivity contribution in [2.45, 2.75) is 19.1 Å². The molecule has 2 N–H and O–H groups in total. The SMILES string of the molecule is O=C(CCCl)c1cc(OC(F)F)ccc1C(O)C(=O)O.